The maximum absolute atomic E-state index is 5.38. The highest BCUT2D eigenvalue weighted by Crippen LogP contribution is 2.24. The Morgan fingerprint density at radius 1 is 1.33 bits per heavy atom. The number of aryl methyl sites for hydroxylation is 1. The number of hydrogen-bond acceptors (Lipinski definition) is 4. The number of nitrogens with zero attached hydrogens (tertiary/aromatic N) is 2. The number of rotatable bonds is 4. The molecule has 1 saturated carbocycles. The first kappa shape index (κ1) is 13.3. The summed E-state index contributed by atoms with van der Waals surface area (Å²) < 4.78 is 5.38. The lowest BCUT2D eigenvalue weighted by molar-refractivity contribution is 0.108. The van der Waals surface area contributed by atoms with Crippen molar-refractivity contribution in [2.24, 2.45) is 0 Å². The van der Waals surface area contributed by atoms with Crippen molar-refractivity contribution in [1.29, 1.82) is 0 Å². The van der Waals surface area contributed by atoms with Crippen LogP contribution in [0.1, 0.15) is 50.4 Å². The third-order valence-electron chi connectivity index (χ3n) is 3.52. The van der Waals surface area contributed by atoms with Gasteiger partial charge in [-0.05, 0) is 38.2 Å². The van der Waals surface area contributed by atoms with Gasteiger partial charge in [0.2, 0.25) is 5.95 Å². The summed E-state index contributed by atoms with van der Waals surface area (Å²) in [5.74, 6) is 1.20. The first-order valence-corrected chi connectivity index (χ1v) is 6.73. The highest BCUT2D eigenvalue weighted by atomic mass is 16.5. The van der Waals surface area contributed by atoms with Crippen molar-refractivity contribution in [2.45, 2.75) is 58.1 Å². The molecule has 1 aliphatic carbocycles. The minimum atomic E-state index is 0.386. The molecule has 2 unspecified atom stereocenters. The summed E-state index contributed by atoms with van der Waals surface area (Å²) in [5.41, 5.74) is 2.13. The molecule has 1 heterocycles. The third-order valence-corrected chi connectivity index (χ3v) is 3.52. The zero-order chi connectivity index (χ0) is 13.1. The number of aromatic nitrogens is 2. The SMILES string of the molecule is COC1CCC(Nc2nc(C)cc(C(C)C)n2)C1. The molecule has 1 aliphatic rings. The Morgan fingerprint density at radius 2 is 2.11 bits per heavy atom. The predicted octanol–water partition coefficient (Wildman–Crippen LogP) is 2.89. The average Bonchev–Trinajstić information content (AvgIpc) is 2.76. The number of hydrogen-bond donors (Lipinski definition) is 1. The van der Waals surface area contributed by atoms with Gasteiger partial charge in [-0.3, -0.25) is 0 Å². The standard InChI is InChI=1S/C14H23N3O/c1-9(2)13-7-10(3)15-14(17-13)16-11-5-6-12(8-11)18-4/h7,9,11-12H,5-6,8H2,1-4H3,(H,15,16,17). The van der Waals surface area contributed by atoms with Gasteiger partial charge in [-0.15, -0.1) is 0 Å². The third kappa shape index (κ3) is 3.19. The molecule has 1 aromatic heterocycles. The summed E-state index contributed by atoms with van der Waals surface area (Å²) in [5, 5.41) is 3.44. The van der Waals surface area contributed by atoms with Gasteiger partial charge in [0.25, 0.3) is 0 Å². The highest BCUT2D eigenvalue weighted by Gasteiger charge is 2.24. The lowest BCUT2D eigenvalue weighted by Gasteiger charge is -2.15. The summed E-state index contributed by atoms with van der Waals surface area (Å²) in [6.45, 7) is 6.33. The lowest BCUT2D eigenvalue weighted by atomic mass is 10.1. The molecule has 0 spiro atoms. The number of ether oxygens (including phenoxy) is 1. The van der Waals surface area contributed by atoms with Crippen LogP contribution in [0.15, 0.2) is 6.07 Å². The van der Waals surface area contributed by atoms with Gasteiger partial charge in [0, 0.05) is 24.5 Å². The molecule has 1 fully saturated rings. The molecule has 4 nitrogen and oxygen atoms in total. The van der Waals surface area contributed by atoms with Crippen LogP contribution in [0.25, 0.3) is 0 Å². The number of anilines is 1. The van der Waals surface area contributed by atoms with Crippen LogP contribution in [-0.2, 0) is 4.74 Å². The smallest absolute Gasteiger partial charge is 0.223 e. The maximum atomic E-state index is 5.38. The molecule has 4 heteroatoms. The molecule has 0 bridgehead atoms. The van der Waals surface area contributed by atoms with Gasteiger partial charge in [-0.2, -0.15) is 0 Å². The largest absolute Gasteiger partial charge is 0.381 e. The van der Waals surface area contributed by atoms with Crippen molar-refractivity contribution >= 4 is 5.95 Å². The van der Waals surface area contributed by atoms with Crippen LogP contribution in [0.5, 0.6) is 0 Å². The van der Waals surface area contributed by atoms with Crippen LogP contribution in [0.3, 0.4) is 0 Å². The second kappa shape index (κ2) is 5.65. The van der Waals surface area contributed by atoms with Gasteiger partial charge in [-0.1, -0.05) is 13.8 Å². The van der Waals surface area contributed by atoms with E-state index < -0.39 is 0 Å². The Labute approximate surface area is 109 Å². The molecular formula is C14H23N3O. The first-order chi connectivity index (χ1) is 8.58. The summed E-state index contributed by atoms with van der Waals surface area (Å²) in [4.78, 5) is 9.05. The Morgan fingerprint density at radius 3 is 2.72 bits per heavy atom. The molecular weight excluding hydrogens is 226 g/mol. The molecule has 0 radical (unpaired) electrons. The summed E-state index contributed by atoms with van der Waals surface area (Å²) in [6, 6.07) is 2.50. The normalized spacial score (nSPS) is 23.6. The highest BCUT2D eigenvalue weighted by molar-refractivity contribution is 5.30. The molecule has 0 amide bonds. The molecule has 0 saturated heterocycles. The van der Waals surface area contributed by atoms with Crippen LogP contribution in [0.4, 0.5) is 5.95 Å². The predicted molar refractivity (Wildman–Crippen MR) is 72.9 cm³/mol. The molecule has 2 atom stereocenters. The topological polar surface area (TPSA) is 47.0 Å². The minimum Gasteiger partial charge on any atom is -0.381 e. The fraction of sp³-hybridized carbons (Fsp3) is 0.714. The second-order valence-corrected chi connectivity index (χ2v) is 5.42. The van der Waals surface area contributed by atoms with E-state index in [-0.39, 0.29) is 0 Å². The fourth-order valence-corrected chi connectivity index (χ4v) is 2.42. The van der Waals surface area contributed by atoms with Gasteiger partial charge >= 0.3 is 0 Å². The van der Waals surface area contributed by atoms with E-state index in [1.165, 1.54) is 0 Å². The molecule has 1 N–H and O–H groups in total. The quantitative estimate of drug-likeness (QED) is 0.891. The average molecular weight is 249 g/mol. The monoisotopic (exact) mass is 249 g/mol. The number of nitrogens with one attached hydrogen (secondary N) is 1. The Balaban J connectivity index is 2.05. The van der Waals surface area contributed by atoms with Crippen molar-refractivity contribution in [1.82, 2.24) is 9.97 Å². The van der Waals surface area contributed by atoms with Crippen molar-refractivity contribution in [2.75, 3.05) is 12.4 Å². The van der Waals surface area contributed by atoms with Gasteiger partial charge in [0.1, 0.15) is 0 Å². The lowest BCUT2D eigenvalue weighted by Crippen LogP contribution is -2.19. The van der Waals surface area contributed by atoms with Crippen LogP contribution < -0.4 is 5.32 Å². The van der Waals surface area contributed by atoms with E-state index in [4.69, 9.17) is 4.74 Å². The molecule has 1 aromatic rings. The van der Waals surface area contributed by atoms with E-state index in [1.54, 1.807) is 7.11 Å². The zero-order valence-corrected chi connectivity index (χ0v) is 11.7. The summed E-state index contributed by atoms with van der Waals surface area (Å²) in [6.07, 6.45) is 3.69. The van der Waals surface area contributed by atoms with Gasteiger partial charge in [0.05, 0.1) is 6.10 Å². The molecule has 0 aliphatic heterocycles. The van der Waals surface area contributed by atoms with Crippen LogP contribution in [0, 0.1) is 6.92 Å². The zero-order valence-electron chi connectivity index (χ0n) is 11.7. The van der Waals surface area contributed by atoms with Gasteiger partial charge in [0.15, 0.2) is 0 Å². The van der Waals surface area contributed by atoms with Gasteiger partial charge in [-0.25, -0.2) is 9.97 Å². The van der Waals surface area contributed by atoms with Crippen LogP contribution in [-0.4, -0.2) is 29.2 Å². The van der Waals surface area contributed by atoms with E-state index in [2.05, 4.69) is 35.2 Å². The first-order valence-electron chi connectivity index (χ1n) is 6.73. The molecule has 2 rings (SSSR count). The van der Waals surface area contributed by atoms with Crippen LogP contribution in [0.2, 0.25) is 0 Å². The molecule has 100 valence electrons. The van der Waals surface area contributed by atoms with Crippen molar-refractivity contribution in [3.63, 3.8) is 0 Å². The van der Waals surface area contributed by atoms with Crippen molar-refractivity contribution in [3.8, 4) is 0 Å². The summed E-state index contributed by atoms with van der Waals surface area (Å²) >= 11 is 0. The van der Waals surface area contributed by atoms with Gasteiger partial charge < -0.3 is 10.1 Å². The Hall–Kier alpha value is -1.16. The van der Waals surface area contributed by atoms with E-state index in [9.17, 15) is 0 Å². The number of methoxy groups -OCH3 is 1. The maximum Gasteiger partial charge on any atom is 0.223 e. The van der Waals surface area contributed by atoms with Crippen LogP contribution >= 0.6 is 0 Å². The molecule has 0 aromatic carbocycles. The van der Waals surface area contributed by atoms with Crippen molar-refractivity contribution in [3.05, 3.63) is 17.5 Å². The Kier molecular flexibility index (Phi) is 4.17. The van der Waals surface area contributed by atoms with E-state index >= 15 is 0 Å². The Bertz CT molecular complexity index is 406. The van der Waals surface area contributed by atoms with Crippen molar-refractivity contribution < 1.29 is 4.74 Å². The minimum absolute atomic E-state index is 0.386. The molecule has 18 heavy (non-hydrogen) atoms. The summed E-state index contributed by atoms with van der Waals surface area (Å²) in [7, 11) is 1.78. The van der Waals surface area contributed by atoms with E-state index in [1.807, 2.05) is 6.92 Å². The fourth-order valence-electron chi connectivity index (χ4n) is 2.42. The van der Waals surface area contributed by atoms with E-state index in [0.29, 0.717) is 18.1 Å². The second-order valence-electron chi connectivity index (χ2n) is 5.42. The van der Waals surface area contributed by atoms with E-state index in [0.717, 1.165) is 36.6 Å².